The molecular weight excluding hydrogens is 590 g/mol. The number of hydrogen-bond acceptors (Lipinski definition) is 3. The highest BCUT2D eigenvalue weighted by Crippen LogP contribution is 2.41. The highest BCUT2D eigenvalue weighted by molar-refractivity contribution is 7.80. The van der Waals surface area contributed by atoms with Crippen LogP contribution < -0.4 is 46.0 Å². The summed E-state index contributed by atoms with van der Waals surface area (Å²) in [5.41, 5.74) is 0. The minimum Gasteiger partial charge on any atom is -0.494 e. The molecule has 2 unspecified atom stereocenters. The summed E-state index contributed by atoms with van der Waals surface area (Å²) in [5, 5.41) is 7.35. The molecule has 45 heavy (non-hydrogen) atoms. The first-order chi connectivity index (χ1) is 22.2. The number of benzene rings is 6. The van der Waals surface area contributed by atoms with Crippen molar-refractivity contribution >= 4 is 47.7 Å². The summed E-state index contributed by atoms with van der Waals surface area (Å²) in [4.78, 5) is 0. The Morgan fingerprint density at radius 3 is 1.09 bits per heavy atom. The van der Waals surface area contributed by atoms with E-state index < -0.39 is 15.8 Å². The molecule has 3 nitrogen and oxygen atoms in total. The molecule has 6 aromatic carbocycles. The molecule has 0 saturated heterocycles. The maximum atomic E-state index is 7.00. The van der Waals surface area contributed by atoms with E-state index in [0.717, 1.165) is 23.0 Å². The first kappa shape index (κ1) is 30.6. The monoisotopic (exact) mass is 626 g/mol. The first-order valence-corrected chi connectivity index (χ1v) is 18.0. The van der Waals surface area contributed by atoms with E-state index in [1.165, 1.54) is 31.8 Å². The smallest absolute Gasteiger partial charge is 0.135 e. The van der Waals surface area contributed by atoms with E-state index >= 15 is 0 Å². The van der Waals surface area contributed by atoms with Crippen LogP contribution in [0.15, 0.2) is 158 Å². The molecule has 6 aromatic rings. The number of para-hydroxylation sites is 2. The van der Waals surface area contributed by atoms with Crippen LogP contribution in [0, 0.1) is 0 Å². The minimum atomic E-state index is -0.894. The highest BCUT2D eigenvalue weighted by Gasteiger charge is 2.24. The van der Waals surface area contributed by atoms with E-state index in [1.807, 2.05) is 13.8 Å². The van der Waals surface area contributed by atoms with Crippen molar-refractivity contribution < 1.29 is 14.2 Å². The van der Waals surface area contributed by atoms with Crippen LogP contribution in [0.1, 0.15) is 13.8 Å². The fourth-order valence-electron chi connectivity index (χ4n) is 5.30. The van der Waals surface area contributed by atoms with Crippen LogP contribution in [-0.4, -0.2) is 13.2 Å². The summed E-state index contributed by atoms with van der Waals surface area (Å²) in [7, 11) is -1.79. The molecular formula is C40H36O3P2. The Hall–Kier alpha value is -4.42. The Kier molecular flexibility index (Phi) is 10.2. The largest absolute Gasteiger partial charge is 0.494 e. The fraction of sp³-hybridized carbons (Fsp3) is 0.100. The van der Waals surface area contributed by atoms with Crippen LogP contribution >= 0.6 is 15.8 Å². The van der Waals surface area contributed by atoms with Crippen molar-refractivity contribution in [2.45, 2.75) is 13.8 Å². The van der Waals surface area contributed by atoms with Gasteiger partial charge in [0.2, 0.25) is 0 Å². The molecule has 0 fully saturated rings. The van der Waals surface area contributed by atoms with Crippen LogP contribution in [0.3, 0.4) is 0 Å². The van der Waals surface area contributed by atoms with Gasteiger partial charge in [-0.15, -0.1) is 0 Å². The molecule has 0 radical (unpaired) electrons. The molecule has 0 N–H and O–H groups in total. The zero-order valence-electron chi connectivity index (χ0n) is 25.5. The molecule has 0 aliphatic heterocycles. The molecule has 0 aromatic heterocycles. The molecule has 0 aliphatic rings. The second-order valence-electron chi connectivity index (χ2n) is 10.2. The molecule has 2 atom stereocenters. The third-order valence-corrected chi connectivity index (χ3v) is 12.2. The van der Waals surface area contributed by atoms with Gasteiger partial charge in [0.1, 0.15) is 23.0 Å². The zero-order valence-corrected chi connectivity index (χ0v) is 27.3. The van der Waals surface area contributed by atoms with Gasteiger partial charge in [0.25, 0.3) is 0 Å². The maximum absolute atomic E-state index is 7.00. The Morgan fingerprint density at radius 1 is 0.378 bits per heavy atom. The van der Waals surface area contributed by atoms with Gasteiger partial charge in [0, 0.05) is 10.6 Å². The second-order valence-corrected chi connectivity index (χ2v) is 14.6. The van der Waals surface area contributed by atoms with E-state index in [0.29, 0.717) is 13.2 Å². The van der Waals surface area contributed by atoms with Crippen molar-refractivity contribution in [3.63, 3.8) is 0 Å². The van der Waals surface area contributed by atoms with Crippen LogP contribution in [0.2, 0.25) is 0 Å². The summed E-state index contributed by atoms with van der Waals surface area (Å²) in [6, 6.07) is 55.4. The molecule has 0 heterocycles. The molecule has 0 aliphatic carbocycles. The van der Waals surface area contributed by atoms with Crippen LogP contribution in [0.25, 0.3) is 0 Å². The minimum absolute atomic E-state index is 0.644. The number of ether oxygens (including phenoxy) is 3. The average Bonchev–Trinajstić information content (AvgIpc) is 3.09. The predicted octanol–water partition coefficient (Wildman–Crippen LogP) is 7.79. The normalized spacial score (nSPS) is 12.2. The SMILES string of the molecule is CCOc1ccc(P(c2ccccc2)c2ccccc2Oc2ccccc2P(c2ccccc2)c2ccc(OCC)cc2)cc1. The quantitative estimate of drug-likeness (QED) is 0.130. The Labute approximate surface area is 269 Å². The van der Waals surface area contributed by atoms with Crippen molar-refractivity contribution in [1.82, 2.24) is 0 Å². The molecule has 224 valence electrons. The van der Waals surface area contributed by atoms with Crippen LogP contribution in [0.4, 0.5) is 0 Å². The summed E-state index contributed by atoms with van der Waals surface area (Å²) < 4.78 is 18.5. The van der Waals surface area contributed by atoms with Gasteiger partial charge in [-0.3, -0.25) is 0 Å². The molecule has 0 amide bonds. The second kappa shape index (κ2) is 15.0. The molecule has 5 heteroatoms. The lowest BCUT2D eigenvalue weighted by Gasteiger charge is -2.25. The van der Waals surface area contributed by atoms with Crippen molar-refractivity contribution in [2.75, 3.05) is 13.2 Å². The fourth-order valence-corrected chi connectivity index (χ4v) is 10.00. The van der Waals surface area contributed by atoms with Gasteiger partial charge in [0.05, 0.1) is 13.2 Å². The third-order valence-electron chi connectivity index (χ3n) is 7.27. The van der Waals surface area contributed by atoms with E-state index in [1.54, 1.807) is 0 Å². The summed E-state index contributed by atoms with van der Waals surface area (Å²) in [6.07, 6.45) is 0. The van der Waals surface area contributed by atoms with Gasteiger partial charge in [-0.2, -0.15) is 0 Å². The predicted molar refractivity (Wildman–Crippen MR) is 193 cm³/mol. The van der Waals surface area contributed by atoms with Crippen molar-refractivity contribution in [3.8, 4) is 23.0 Å². The Morgan fingerprint density at radius 2 is 0.711 bits per heavy atom. The molecule has 0 bridgehead atoms. The van der Waals surface area contributed by atoms with Gasteiger partial charge in [0.15, 0.2) is 0 Å². The van der Waals surface area contributed by atoms with E-state index in [9.17, 15) is 0 Å². The highest BCUT2D eigenvalue weighted by atomic mass is 31.1. The lowest BCUT2D eigenvalue weighted by atomic mass is 10.3. The molecule has 6 rings (SSSR count). The van der Waals surface area contributed by atoms with Crippen molar-refractivity contribution in [1.29, 1.82) is 0 Å². The van der Waals surface area contributed by atoms with Gasteiger partial charge < -0.3 is 14.2 Å². The van der Waals surface area contributed by atoms with E-state index in [4.69, 9.17) is 14.2 Å². The lowest BCUT2D eigenvalue weighted by molar-refractivity contribution is 0.340. The number of rotatable bonds is 12. The number of hydrogen-bond donors (Lipinski definition) is 0. The zero-order chi connectivity index (χ0) is 30.8. The first-order valence-electron chi connectivity index (χ1n) is 15.3. The Bertz CT molecular complexity index is 1660. The van der Waals surface area contributed by atoms with Crippen LogP contribution in [0.5, 0.6) is 23.0 Å². The van der Waals surface area contributed by atoms with Crippen molar-refractivity contribution in [3.05, 3.63) is 158 Å². The van der Waals surface area contributed by atoms with Gasteiger partial charge in [-0.1, -0.05) is 121 Å². The van der Waals surface area contributed by atoms with Crippen LogP contribution in [-0.2, 0) is 0 Å². The molecule has 0 saturated carbocycles. The van der Waals surface area contributed by atoms with Gasteiger partial charge >= 0.3 is 0 Å². The third kappa shape index (κ3) is 7.29. The van der Waals surface area contributed by atoms with Gasteiger partial charge in [-0.25, -0.2) is 0 Å². The van der Waals surface area contributed by atoms with Crippen molar-refractivity contribution in [2.24, 2.45) is 0 Å². The van der Waals surface area contributed by atoms with E-state index in [-0.39, 0.29) is 0 Å². The standard InChI is InChI=1S/C40H36O3P2/c1-3-41-31-23-27-35(28-24-31)44(33-15-7-5-8-16-33)39-21-13-11-19-37(39)43-38-20-12-14-22-40(38)45(34-17-9-6-10-18-34)36-29-25-32(26-30-36)42-4-2/h5-30H,3-4H2,1-2H3. The summed E-state index contributed by atoms with van der Waals surface area (Å²) in [5.74, 6) is 3.49. The Balaban J connectivity index is 1.43. The molecule has 0 spiro atoms. The summed E-state index contributed by atoms with van der Waals surface area (Å²) >= 11 is 0. The van der Waals surface area contributed by atoms with Gasteiger partial charge in [-0.05, 0) is 87.3 Å². The average molecular weight is 627 g/mol. The van der Waals surface area contributed by atoms with E-state index in [2.05, 4.69) is 158 Å². The summed E-state index contributed by atoms with van der Waals surface area (Å²) in [6.45, 7) is 5.31. The maximum Gasteiger partial charge on any atom is 0.135 e. The lowest BCUT2D eigenvalue weighted by Crippen LogP contribution is -2.24. The topological polar surface area (TPSA) is 27.7 Å².